The van der Waals surface area contributed by atoms with Crippen LogP contribution in [0.25, 0.3) is 0 Å². The lowest BCUT2D eigenvalue weighted by molar-refractivity contribution is 0.374. The van der Waals surface area contributed by atoms with E-state index in [1.807, 2.05) is 31.2 Å². The Morgan fingerprint density at radius 2 is 2.35 bits per heavy atom. The molecule has 0 radical (unpaired) electrons. The van der Waals surface area contributed by atoms with Gasteiger partial charge in [0, 0.05) is 11.6 Å². The maximum Gasteiger partial charge on any atom is 0.229 e. The molecule has 1 heterocycles. The molecule has 0 spiro atoms. The van der Waals surface area contributed by atoms with E-state index in [1.54, 1.807) is 0 Å². The summed E-state index contributed by atoms with van der Waals surface area (Å²) in [6.45, 7) is 2.35. The van der Waals surface area contributed by atoms with Gasteiger partial charge in [-0.05, 0) is 37.5 Å². The van der Waals surface area contributed by atoms with Gasteiger partial charge in [-0.2, -0.15) is 4.98 Å². The van der Waals surface area contributed by atoms with Crippen molar-refractivity contribution >= 4 is 11.6 Å². The molecule has 3 rings (SSSR count). The van der Waals surface area contributed by atoms with Crippen LogP contribution in [0.15, 0.2) is 33.8 Å². The van der Waals surface area contributed by atoms with Crippen molar-refractivity contribution < 1.29 is 4.52 Å². The average Bonchev–Trinajstić information content (AvgIpc) is 3.16. The molecule has 3 N–H and O–H groups in total. The fourth-order valence-electron chi connectivity index (χ4n) is 1.89. The van der Waals surface area contributed by atoms with Crippen molar-refractivity contribution in [3.8, 4) is 0 Å². The Bertz CT molecular complexity index is 630. The largest absolute Gasteiger partial charge is 0.370 e. The Labute approximate surface area is 117 Å². The molecule has 104 valence electrons. The third-order valence-electron chi connectivity index (χ3n) is 3.09. The van der Waals surface area contributed by atoms with Crippen molar-refractivity contribution in [2.24, 2.45) is 10.7 Å². The Morgan fingerprint density at radius 3 is 3.10 bits per heavy atom. The first-order valence-electron chi connectivity index (χ1n) is 6.67. The van der Waals surface area contributed by atoms with Crippen molar-refractivity contribution in [2.75, 3.05) is 5.32 Å². The normalized spacial score (nSPS) is 15.3. The zero-order chi connectivity index (χ0) is 13.9. The standard InChI is InChI=1S/C14H17N5O/c1-9-3-2-4-11(7-9)17-14(15)16-8-12-18-13(20-19-12)10-5-6-10/h2-4,7,10H,5-6,8H2,1H3,(H3,15,16,17). The van der Waals surface area contributed by atoms with Gasteiger partial charge >= 0.3 is 0 Å². The molecule has 20 heavy (non-hydrogen) atoms. The molecule has 1 saturated carbocycles. The second-order valence-electron chi connectivity index (χ2n) is 5.02. The number of nitrogens with two attached hydrogens (primary N) is 1. The van der Waals surface area contributed by atoms with Crippen LogP contribution in [0.3, 0.4) is 0 Å². The van der Waals surface area contributed by atoms with Gasteiger partial charge in [-0.1, -0.05) is 17.3 Å². The lowest BCUT2D eigenvalue weighted by atomic mass is 10.2. The molecule has 0 saturated heterocycles. The summed E-state index contributed by atoms with van der Waals surface area (Å²) in [6.07, 6.45) is 2.28. The van der Waals surface area contributed by atoms with Crippen LogP contribution in [0.1, 0.15) is 36.0 Å². The highest BCUT2D eigenvalue weighted by atomic mass is 16.5. The van der Waals surface area contributed by atoms with E-state index in [2.05, 4.69) is 20.4 Å². The van der Waals surface area contributed by atoms with Crippen molar-refractivity contribution in [2.45, 2.75) is 32.2 Å². The number of guanidine groups is 1. The van der Waals surface area contributed by atoms with E-state index in [1.165, 1.54) is 0 Å². The van der Waals surface area contributed by atoms with Gasteiger partial charge in [-0.25, -0.2) is 4.99 Å². The topological polar surface area (TPSA) is 89.3 Å². The Balaban J connectivity index is 1.59. The van der Waals surface area contributed by atoms with Crippen LogP contribution in [0, 0.1) is 6.92 Å². The summed E-state index contributed by atoms with van der Waals surface area (Å²) >= 11 is 0. The first-order valence-corrected chi connectivity index (χ1v) is 6.67. The Morgan fingerprint density at radius 1 is 1.50 bits per heavy atom. The number of hydrogen-bond donors (Lipinski definition) is 2. The third kappa shape index (κ3) is 3.14. The molecule has 1 aliphatic carbocycles. The van der Waals surface area contributed by atoms with Gasteiger partial charge in [-0.15, -0.1) is 0 Å². The molecule has 1 fully saturated rings. The van der Waals surface area contributed by atoms with Gasteiger partial charge in [0.1, 0.15) is 6.54 Å². The number of aryl methyl sites for hydroxylation is 1. The molecule has 2 aromatic rings. The minimum Gasteiger partial charge on any atom is -0.370 e. The summed E-state index contributed by atoms with van der Waals surface area (Å²) in [5, 5.41) is 6.93. The predicted molar refractivity (Wildman–Crippen MR) is 76.4 cm³/mol. The number of anilines is 1. The van der Waals surface area contributed by atoms with E-state index in [0.29, 0.717) is 24.2 Å². The van der Waals surface area contributed by atoms with Gasteiger partial charge in [0.05, 0.1) is 0 Å². The van der Waals surface area contributed by atoms with Crippen LogP contribution in [0.2, 0.25) is 0 Å². The fourth-order valence-corrected chi connectivity index (χ4v) is 1.89. The van der Waals surface area contributed by atoms with Gasteiger partial charge < -0.3 is 15.6 Å². The Hall–Kier alpha value is -2.37. The van der Waals surface area contributed by atoms with Crippen molar-refractivity contribution in [3.63, 3.8) is 0 Å². The lowest BCUT2D eigenvalue weighted by Gasteiger charge is -2.05. The van der Waals surface area contributed by atoms with Crippen molar-refractivity contribution in [1.82, 2.24) is 10.1 Å². The molecule has 1 aromatic heterocycles. The maximum atomic E-state index is 5.84. The van der Waals surface area contributed by atoms with Crippen LogP contribution in [-0.2, 0) is 6.54 Å². The number of aromatic nitrogens is 2. The van der Waals surface area contributed by atoms with E-state index in [4.69, 9.17) is 10.3 Å². The van der Waals surface area contributed by atoms with E-state index in [9.17, 15) is 0 Å². The molecule has 0 aliphatic heterocycles. The molecule has 1 aromatic carbocycles. The van der Waals surface area contributed by atoms with Gasteiger partial charge in [0.2, 0.25) is 5.89 Å². The number of nitrogens with one attached hydrogen (secondary N) is 1. The molecule has 1 aliphatic rings. The van der Waals surface area contributed by atoms with Gasteiger partial charge in [-0.3, -0.25) is 0 Å². The molecular weight excluding hydrogens is 254 g/mol. The molecule has 0 unspecified atom stereocenters. The van der Waals surface area contributed by atoms with Crippen LogP contribution in [-0.4, -0.2) is 16.1 Å². The molecule has 6 nitrogen and oxygen atoms in total. The lowest BCUT2D eigenvalue weighted by Crippen LogP contribution is -2.22. The highest BCUT2D eigenvalue weighted by Gasteiger charge is 2.29. The second-order valence-corrected chi connectivity index (χ2v) is 5.02. The summed E-state index contributed by atoms with van der Waals surface area (Å²) < 4.78 is 5.16. The molecule has 0 atom stereocenters. The van der Waals surface area contributed by atoms with Crippen LogP contribution < -0.4 is 11.1 Å². The minimum atomic E-state index is 0.320. The number of aliphatic imine (C=N–C) groups is 1. The van der Waals surface area contributed by atoms with Gasteiger partial charge in [0.25, 0.3) is 0 Å². The highest BCUT2D eigenvalue weighted by molar-refractivity contribution is 5.92. The summed E-state index contributed by atoms with van der Waals surface area (Å²) in [5.41, 5.74) is 7.91. The maximum absolute atomic E-state index is 5.84. The minimum absolute atomic E-state index is 0.320. The van der Waals surface area contributed by atoms with Gasteiger partial charge in [0.15, 0.2) is 11.8 Å². The first-order chi connectivity index (χ1) is 9.70. The number of nitrogens with zero attached hydrogens (tertiary/aromatic N) is 3. The van der Waals surface area contributed by atoms with Crippen molar-refractivity contribution in [3.05, 3.63) is 41.5 Å². The predicted octanol–water partition coefficient (Wildman–Crippen LogP) is 2.18. The quantitative estimate of drug-likeness (QED) is 0.657. The zero-order valence-corrected chi connectivity index (χ0v) is 11.3. The molecule has 0 bridgehead atoms. The Kier molecular flexibility index (Phi) is 3.37. The van der Waals surface area contributed by atoms with E-state index in [0.717, 1.165) is 30.0 Å². The van der Waals surface area contributed by atoms with E-state index in [-0.39, 0.29) is 0 Å². The molecule has 6 heteroatoms. The fraction of sp³-hybridized carbons (Fsp3) is 0.357. The zero-order valence-electron chi connectivity index (χ0n) is 11.3. The highest BCUT2D eigenvalue weighted by Crippen LogP contribution is 2.38. The van der Waals surface area contributed by atoms with Crippen LogP contribution in [0.5, 0.6) is 0 Å². The van der Waals surface area contributed by atoms with E-state index < -0.39 is 0 Å². The van der Waals surface area contributed by atoms with Crippen LogP contribution >= 0.6 is 0 Å². The summed E-state index contributed by atoms with van der Waals surface area (Å²) in [6, 6.07) is 7.93. The second kappa shape index (κ2) is 5.32. The average molecular weight is 271 g/mol. The summed E-state index contributed by atoms with van der Waals surface area (Å²) in [5.74, 6) is 2.10. The third-order valence-corrected chi connectivity index (χ3v) is 3.09. The molecular formula is C14H17N5O. The smallest absolute Gasteiger partial charge is 0.229 e. The summed E-state index contributed by atoms with van der Waals surface area (Å²) in [4.78, 5) is 8.51. The summed E-state index contributed by atoms with van der Waals surface area (Å²) in [7, 11) is 0. The van der Waals surface area contributed by atoms with Crippen LogP contribution in [0.4, 0.5) is 5.69 Å². The van der Waals surface area contributed by atoms with E-state index >= 15 is 0 Å². The molecule has 0 amide bonds. The number of hydrogen-bond acceptors (Lipinski definition) is 4. The first kappa shape index (κ1) is 12.7. The SMILES string of the molecule is Cc1cccc(NC(N)=NCc2noc(C3CC3)n2)c1. The number of benzene rings is 1. The monoisotopic (exact) mass is 271 g/mol. The van der Waals surface area contributed by atoms with Crippen molar-refractivity contribution in [1.29, 1.82) is 0 Å². The number of rotatable bonds is 4.